The van der Waals surface area contributed by atoms with E-state index in [0.29, 0.717) is 17.6 Å². The second-order valence-corrected chi connectivity index (χ2v) is 6.71. The molecule has 0 saturated heterocycles. The van der Waals surface area contributed by atoms with Gasteiger partial charge in [0.1, 0.15) is 11.9 Å². The van der Waals surface area contributed by atoms with E-state index in [0.717, 1.165) is 18.7 Å². The van der Waals surface area contributed by atoms with Gasteiger partial charge in [0.2, 0.25) is 0 Å². The number of hydrogen-bond donors (Lipinski definition) is 1. The first-order valence-corrected chi connectivity index (χ1v) is 8.78. The third kappa shape index (κ3) is 2.70. The van der Waals surface area contributed by atoms with Gasteiger partial charge in [-0.25, -0.2) is 0 Å². The third-order valence-electron chi connectivity index (χ3n) is 5.64. The summed E-state index contributed by atoms with van der Waals surface area (Å²) in [6, 6.07) is 9.23. The monoisotopic (exact) mass is 287 g/mol. The lowest BCUT2D eigenvalue weighted by atomic mass is 9.55. The molecule has 0 heterocycles. The van der Waals surface area contributed by atoms with E-state index in [4.69, 9.17) is 4.74 Å². The molecule has 1 aromatic carbocycles. The molecule has 2 saturated carbocycles. The van der Waals surface area contributed by atoms with Gasteiger partial charge < -0.3 is 10.1 Å². The van der Waals surface area contributed by atoms with Crippen molar-refractivity contribution in [2.45, 2.75) is 70.9 Å². The summed E-state index contributed by atoms with van der Waals surface area (Å²) in [7, 11) is 0. The Morgan fingerprint density at radius 3 is 2.62 bits per heavy atom. The average Bonchev–Trinajstić information content (AvgIpc) is 2.55. The highest BCUT2D eigenvalue weighted by molar-refractivity contribution is 5.34. The number of nitrogens with one attached hydrogen (secondary N) is 1. The normalized spacial score (nSPS) is 27.3. The predicted octanol–water partition coefficient (Wildman–Crippen LogP) is 4.33. The van der Waals surface area contributed by atoms with Crippen molar-refractivity contribution in [3.05, 3.63) is 29.8 Å². The summed E-state index contributed by atoms with van der Waals surface area (Å²) in [5.74, 6) is 1.12. The average molecular weight is 287 g/mol. The van der Waals surface area contributed by atoms with Gasteiger partial charge in [-0.05, 0) is 37.4 Å². The lowest BCUT2D eigenvalue weighted by Gasteiger charge is -2.57. The van der Waals surface area contributed by atoms with Crippen molar-refractivity contribution in [1.82, 2.24) is 5.32 Å². The summed E-state index contributed by atoms with van der Waals surface area (Å²) in [4.78, 5) is 0. The van der Waals surface area contributed by atoms with E-state index >= 15 is 0 Å². The highest BCUT2D eigenvalue weighted by atomic mass is 16.5. The molecule has 2 unspecified atom stereocenters. The lowest BCUT2D eigenvalue weighted by molar-refractivity contribution is -0.102. The predicted molar refractivity (Wildman–Crippen MR) is 87.8 cm³/mol. The zero-order valence-electron chi connectivity index (χ0n) is 13.5. The molecule has 1 aromatic rings. The van der Waals surface area contributed by atoms with Gasteiger partial charge in [-0.2, -0.15) is 0 Å². The molecule has 0 amide bonds. The summed E-state index contributed by atoms with van der Waals surface area (Å²) in [6.07, 6.45) is 9.45. The molecule has 2 nitrogen and oxygen atoms in total. The second-order valence-electron chi connectivity index (χ2n) is 6.71. The molecule has 2 atom stereocenters. The standard InChI is InChI=1S/C19H29NO/c1-3-15-10-6-7-11-16(15)21-18-14-17(20-4-2)19(18)12-8-5-9-13-19/h6-7,10-11,17-18,20H,3-5,8-9,12-14H2,1-2H3. The van der Waals surface area contributed by atoms with E-state index in [9.17, 15) is 0 Å². The van der Waals surface area contributed by atoms with Crippen molar-refractivity contribution in [3.8, 4) is 5.75 Å². The highest BCUT2D eigenvalue weighted by Crippen LogP contribution is 2.53. The number of hydrogen-bond acceptors (Lipinski definition) is 2. The number of aryl methyl sites for hydroxylation is 1. The first-order valence-electron chi connectivity index (χ1n) is 8.78. The minimum absolute atomic E-state index is 0.398. The zero-order valence-corrected chi connectivity index (χ0v) is 13.5. The maximum Gasteiger partial charge on any atom is 0.122 e. The van der Waals surface area contributed by atoms with E-state index in [1.807, 2.05) is 0 Å². The molecular weight excluding hydrogens is 258 g/mol. The van der Waals surface area contributed by atoms with Gasteiger partial charge in [-0.3, -0.25) is 0 Å². The number of rotatable bonds is 5. The van der Waals surface area contributed by atoms with Gasteiger partial charge in [-0.15, -0.1) is 0 Å². The molecule has 0 aliphatic heterocycles. The van der Waals surface area contributed by atoms with Crippen LogP contribution < -0.4 is 10.1 Å². The van der Waals surface area contributed by atoms with Gasteiger partial charge >= 0.3 is 0 Å². The molecule has 1 spiro atoms. The number of benzene rings is 1. The third-order valence-corrected chi connectivity index (χ3v) is 5.64. The largest absolute Gasteiger partial charge is 0.489 e. The van der Waals surface area contributed by atoms with Crippen LogP contribution in [0.5, 0.6) is 5.75 Å². The minimum atomic E-state index is 0.398. The smallest absolute Gasteiger partial charge is 0.122 e. The van der Waals surface area contributed by atoms with E-state index in [2.05, 4.69) is 43.4 Å². The van der Waals surface area contributed by atoms with Crippen molar-refractivity contribution in [3.63, 3.8) is 0 Å². The molecule has 116 valence electrons. The molecule has 0 bridgehead atoms. The summed E-state index contributed by atoms with van der Waals surface area (Å²) in [5.41, 5.74) is 1.74. The molecule has 3 rings (SSSR count). The Kier molecular flexibility index (Phi) is 4.54. The van der Waals surface area contributed by atoms with Gasteiger partial charge in [0.05, 0.1) is 0 Å². The number of para-hydroxylation sites is 1. The first-order chi connectivity index (χ1) is 10.3. The van der Waals surface area contributed by atoms with Crippen LogP contribution in [0.1, 0.15) is 57.9 Å². The van der Waals surface area contributed by atoms with Crippen LogP contribution in [-0.4, -0.2) is 18.7 Å². The maximum absolute atomic E-state index is 6.50. The van der Waals surface area contributed by atoms with Crippen LogP contribution in [0.15, 0.2) is 24.3 Å². The fraction of sp³-hybridized carbons (Fsp3) is 0.684. The van der Waals surface area contributed by atoms with Crippen LogP contribution in [0.4, 0.5) is 0 Å². The van der Waals surface area contributed by atoms with E-state index in [-0.39, 0.29) is 0 Å². The van der Waals surface area contributed by atoms with Crippen molar-refractivity contribution < 1.29 is 4.74 Å². The second kappa shape index (κ2) is 6.39. The van der Waals surface area contributed by atoms with Gasteiger partial charge in [0.15, 0.2) is 0 Å². The molecule has 1 N–H and O–H groups in total. The SMILES string of the molecule is CCNC1CC(Oc2ccccc2CC)C12CCCCC2. The van der Waals surface area contributed by atoms with Crippen molar-refractivity contribution in [1.29, 1.82) is 0 Å². The molecule has 2 aliphatic rings. The van der Waals surface area contributed by atoms with Crippen molar-refractivity contribution in [2.75, 3.05) is 6.54 Å². The summed E-state index contributed by atoms with van der Waals surface area (Å²) in [6.45, 7) is 5.50. The van der Waals surface area contributed by atoms with Crippen LogP contribution >= 0.6 is 0 Å². The Morgan fingerprint density at radius 1 is 1.14 bits per heavy atom. The molecule has 0 radical (unpaired) electrons. The molecule has 21 heavy (non-hydrogen) atoms. The van der Waals surface area contributed by atoms with E-state index < -0.39 is 0 Å². The van der Waals surface area contributed by atoms with Crippen LogP contribution in [0.25, 0.3) is 0 Å². The number of ether oxygens (including phenoxy) is 1. The fourth-order valence-corrected chi connectivity index (χ4v) is 4.39. The molecule has 2 heteroatoms. The summed E-state index contributed by atoms with van der Waals surface area (Å²) >= 11 is 0. The fourth-order valence-electron chi connectivity index (χ4n) is 4.39. The Bertz CT molecular complexity index is 464. The topological polar surface area (TPSA) is 21.3 Å². The summed E-state index contributed by atoms with van der Waals surface area (Å²) < 4.78 is 6.50. The Hall–Kier alpha value is -1.02. The minimum Gasteiger partial charge on any atom is -0.489 e. The molecular formula is C19H29NO. The molecule has 2 aliphatic carbocycles. The highest BCUT2D eigenvalue weighted by Gasteiger charge is 2.56. The maximum atomic E-state index is 6.50. The lowest BCUT2D eigenvalue weighted by Crippen LogP contribution is -2.65. The van der Waals surface area contributed by atoms with Crippen LogP contribution in [0.2, 0.25) is 0 Å². The van der Waals surface area contributed by atoms with E-state index in [1.165, 1.54) is 44.1 Å². The van der Waals surface area contributed by atoms with Gasteiger partial charge in [0.25, 0.3) is 0 Å². The van der Waals surface area contributed by atoms with Gasteiger partial charge in [-0.1, -0.05) is 51.3 Å². The Morgan fingerprint density at radius 2 is 1.90 bits per heavy atom. The Balaban J connectivity index is 1.75. The zero-order chi connectivity index (χ0) is 14.7. The van der Waals surface area contributed by atoms with Gasteiger partial charge in [0, 0.05) is 17.9 Å². The van der Waals surface area contributed by atoms with Crippen LogP contribution in [0, 0.1) is 5.41 Å². The quantitative estimate of drug-likeness (QED) is 0.870. The first kappa shape index (κ1) is 14.9. The van der Waals surface area contributed by atoms with Crippen LogP contribution in [0.3, 0.4) is 0 Å². The van der Waals surface area contributed by atoms with Crippen molar-refractivity contribution >= 4 is 0 Å². The van der Waals surface area contributed by atoms with Crippen LogP contribution in [-0.2, 0) is 6.42 Å². The molecule has 0 aromatic heterocycles. The Labute approximate surface area is 129 Å². The summed E-state index contributed by atoms with van der Waals surface area (Å²) in [5, 5.41) is 3.71. The molecule has 2 fully saturated rings. The van der Waals surface area contributed by atoms with Crippen molar-refractivity contribution in [2.24, 2.45) is 5.41 Å². The van der Waals surface area contributed by atoms with E-state index in [1.54, 1.807) is 0 Å².